The molecule has 0 radical (unpaired) electrons. The molecule has 1 aliphatic heterocycles. The average molecular weight is 512 g/mol. The molecule has 1 heterocycles. The van der Waals surface area contributed by atoms with Crippen LogP contribution in [0.4, 0.5) is 14.0 Å². The zero-order valence-electron chi connectivity index (χ0n) is 22.0. The number of urea groups is 1. The van der Waals surface area contributed by atoms with Crippen molar-refractivity contribution in [3.63, 3.8) is 0 Å². The SMILES string of the molecule is CC(C)(C)OC(=O)N1CCC(CN(Cc2ccc(F)cc2)C(=O)NCc2ccc(OC3CCC3)cc2)C1. The number of hydrogen-bond acceptors (Lipinski definition) is 4. The minimum Gasteiger partial charge on any atom is -0.490 e. The van der Waals surface area contributed by atoms with Gasteiger partial charge in [0.2, 0.25) is 0 Å². The zero-order valence-corrected chi connectivity index (χ0v) is 22.0. The number of hydrogen-bond donors (Lipinski definition) is 1. The van der Waals surface area contributed by atoms with Gasteiger partial charge in [-0.05, 0) is 87.8 Å². The van der Waals surface area contributed by atoms with E-state index in [2.05, 4.69) is 5.32 Å². The monoisotopic (exact) mass is 511 g/mol. The molecular formula is C29H38FN3O4. The fourth-order valence-corrected chi connectivity index (χ4v) is 4.47. The summed E-state index contributed by atoms with van der Waals surface area (Å²) in [5, 5.41) is 3.02. The van der Waals surface area contributed by atoms with Gasteiger partial charge in [-0.15, -0.1) is 0 Å². The van der Waals surface area contributed by atoms with Crippen LogP contribution in [0.3, 0.4) is 0 Å². The number of carbonyl (C=O) groups excluding carboxylic acids is 2. The Morgan fingerprint density at radius 3 is 2.32 bits per heavy atom. The van der Waals surface area contributed by atoms with Crippen LogP contribution >= 0.6 is 0 Å². The fraction of sp³-hybridized carbons (Fsp3) is 0.517. The minimum absolute atomic E-state index is 0.127. The maximum absolute atomic E-state index is 13.4. The number of halogens is 1. The lowest BCUT2D eigenvalue weighted by atomic mass is 9.96. The Hall–Kier alpha value is -3.29. The van der Waals surface area contributed by atoms with Crippen molar-refractivity contribution in [2.45, 2.75) is 71.2 Å². The first kappa shape index (κ1) is 26.8. The topological polar surface area (TPSA) is 71.1 Å². The molecule has 1 N–H and O–H groups in total. The van der Waals surface area contributed by atoms with Crippen molar-refractivity contribution in [3.8, 4) is 5.75 Å². The van der Waals surface area contributed by atoms with E-state index >= 15 is 0 Å². The Morgan fingerprint density at radius 1 is 1.03 bits per heavy atom. The van der Waals surface area contributed by atoms with Gasteiger partial charge in [0.05, 0.1) is 6.10 Å². The summed E-state index contributed by atoms with van der Waals surface area (Å²) in [6, 6.07) is 13.8. The predicted octanol–water partition coefficient (Wildman–Crippen LogP) is 5.73. The van der Waals surface area contributed by atoms with E-state index in [1.165, 1.54) is 18.6 Å². The molecule has 1 unspecified atom stereocenters. The summed E-state index contributed by atoms with van der Waals surface area (Å²) in [4.78, 5) is 29.2. The van der Waals surface area contributed by atoms with E-state index in [1.807, 2.05) is 45.0 Å². The quantitative estimate of drug-likeness (QED) is 0.492. The molecule has 0 aromatic heterocycles. The van der Waals surface area contributed by atoms with Gasteiger partial charge >= 0.3 is 12.1 Å². The summed E-state index contributed by atoms with van der Waals surface area (Å²) in [6.45, 7) is 7.90. The molecule has 200 valence electrons. The molecule has 1 saturated heterocycles. The van der Waals surface area contributed by atoms with Crippen LogP contribution in [0.15, 0.2) is 48.5 Å². The molecule has 37 heavy (non-hydrogen) atoms. The molecule has 2 aromatic carbocycles. The van der Waals surface area contributed by atoms with Crippen molar-refractivity contribution in [1.82, 2.24) is 15.1 Å². The number of carbonyl (C=O) groups is 2. The van der Waals surface area contributed by atoms with Crippen LogP contribution in [0.25, 0.3) is 0 Å². The van der Waals surface area contributed by atoms with Gasteiger partial charge in [0.1, 0.15) is 17.2 Å². The molecule has 4 rings (SSSR count). The van der Waals surface area contributed by atoms with E-state index < -0.39 is 5.60 Å². The van der Waals surface area contributed by atoms with Gasteiger partial charge in [-0.1, -0.05) is 24.3 Å². The van der Waals surface area contributed by atoms with E-state index in [9.17, 15) is 14.0 Å². The lowest BCUT2D eigenvalue weighted by molar-refractivity contribution is 0.0286. The van der Waals surface area contributed by atoms with E-state index in [1.54, 1.807) is 21.9 Å². The molecule has 2 fully saturated rings. The maximum atomic E-state index is 13.4. The third kappa shape index (κ3) is 8.10. The van der Waals surface area contributed by atoms with Crippen LogP contribution in [0.1, 0.15) is 57.6 Å². The van der Waals surface area contributed by atoms with E-state index in [0.29, 0.717) is 38.8 Å². The summed E-state index contributed by atoms with van der Waals surface area (Å²) in [6.07, 6.45) is 4.23. The van der Waals surface area contributed by atoms with Crippen molar-refractivity contribution in [2.75, 3.05) is 19.6 Å². The highest BCUT2D eigenvalue weighted by atomic mass is 19.1. The predicted molar refractivity (Wildman–Crippen MR) is 140 cm³/mol. The highest BCUT2D eigenvalue weighted by Crippen LogP contribution is 2.25. The van der Waals surface area contributed by atoms with Gasteiger partial charge in [-0.3, -0.25) is 0 Å². The number of amides is 3. The number of nitrogens with one attached hydrogen (secondary N) is 1. The summed E-state index contributed by atoms with van der Waals surface area (Å²) < 4.78 is 24.8. The molecule has 3 amide bonds. The van der Waals surface area contributed by atoms with Gasteiger partial charge in [0, 0.05) is 32.7 Å². The lowest BCUT2D eigenvalue weighted by Crippen LogP contribution is -2.42. The summed E-state index contributed by atoms with van der Waals surface area (Å²) in [5.74, 6) is 0.670. The van der Waals surface area contributed by atoms with Crippen LogP contribution in [-0.2, 0) is 17.8 Å². The van der Waals surface area contributed by atoms with Crippen LogP contribution in [-0.4, -0.2) is 53.3 Å². The first-order valence-electron chi connectivity index (χ1n) is 13.2. The summed E-state index contributed by atoms with van der Waals surface area (Å²) in [5.41, 5.74) is 1.27. The largest absolute Gasteiger partial charge is 0.490 e. The highest BCUT2D eigenvalue weighted by Gasteiger charge is 2.31. The molecule has 1 saturated carbocycles. The van der Waals surface area contributed by atoms with Gasteiger partial charge in [0.15, 0.2) is 0 Å². The molecule has 2 aromatic rings. The number of benzene rings is 2. The molecule has 1 atom stereocenters. The fourth-order valence-electron chi connectivity index (χ4n) is 4.47. The smallest absolute Gasteiger partial charge is 0.410 e. The first-order valence-corrected chi connectivity index (χ1v) is 13.2. The zero-order chi connectivity index (χ0) is 26.4. The van der Waals surface area contributed by atoms with Crippen LogP contribution in [0.2, 0.25) is 0 Å². The number of rotatable bonds is 8. The Labute approximate surface area is 218 Å². The van der Waals surface area contributed by atoms with Crippen molar-refractivity contribution in [2.24, 2.45) is 5.92 Å². The molecule has 0 bridgehead atoms. The molecule has 7 nitrogen and oxygen atoms in total. The average Bonchev–Trinajstić information content (AvgIpc) is 3.29. The third-order valence-electron chi connectivity index (χ3n) is 6.71. The van der Waals surface area contributed by atoms with Gasteiger partial charge in [-0.25, -0.2) is 14.0 Å². The van der Waals surface area contributed by atoms with Gasteiger partial charge < -0.3 is 24.6 Å². The lowest BCUT2D eigenvalue weighted by Gasteiger charge is -2.27. The van der Waals surface area contributed by atoms with Crippen molar-refractivity contribution >= 4 is 12.1 Å². The summed E-state index contributed by atoms with van der Waals surface area (Å²) >= 11 is 0. The molecular weight excluding hydrogens is 473 g/mol. The van der Waals surface area contributed by atoms with E-state index in [4.69, 9.17) is 9.47 Å². The maximum Gasteiger partial charge on any atom is 0.410 e. The first-order chi connectivity index (χ1) is 17.6. The van der Waals surface area contributed by atoms with Crippen molar-refractivity contribution in [3.05, 3.63) is 65.5 Å². The second-order valence-electron chi connectivity index (χ2n) is 11.1. The van der Waals surface area contributed by atoms with E-state index in [-0.39, 0.29) is 23.9 Å². The van der Waals surface area contributed by atoms with Gasteiger partial charge in [0.25, 0.3) is 0 Å². The number of ether oxygens (including phenoxy) is 2. The highest BCUT2D eigenvalue weighted by molar-refractivity contribution is 5.74. The number of nitrogens with zero attached hydrogens (tertiary/aromatic N) is 2. The molecule has 8 heteroatoms. The summed E-state index contributed by atoms with van der Waals surface area (Å²) in [7, 11) is 0. The van der Waals surface area contributed by atoms with E-state index in [0.717, 1.165) is 36.1 Å². The van der Waals surface area contributed by atoms with Gasteiger partial charge in [-0.2, -0.15) is 0 Å². The van der Waals surface area contributed by atoms with Crippen molar-refractivity contribution < 1.29 is 23.5 Å². The molecule has 1 aliphatic carbocycles. The Bertz CT molecular complexity index is 1050. The Morgan fingerprint density at radius 2 is 1.70 bits per heavy atom. The Balaban J connectivity index is 1.35. The van der Waals surface area contributed by atoms with Crippen LogP contribution in [0.5, 0.6) is 5.75 Å². The number of likely N-dealkylation sites (tertiary alicyclic amines) is 1. The third-order valence-corrected chi connectivity index (χ3v) is 6.71. The van der Waals surface area contributed by atoms with Crippen LogP contribution < -0.4 is 10.1 Å². The van der Waals surface area contributed by atoms with Crippen LogP contribution in [0, 0.1) is 11.7 Å². The Kier molecular flexibility index (Phi) is 8.56. The normalized spacial score (nSPS) is 17.7. The second-order valence-corrected chi connectivity index (χ2v) is 11.1. The molecule has 0 spiro atoms. The minimum atomic E-state index is -0.550. The van der Waals surface area contributed by atoms with Crippen molar-refractivity contribution in [1.29, 1.82) is 0 Å². The standard InChI is InChI=1S/C29H38FN3O4/c1-29(2,3)37-28(35)32-16-15-23(19-32)20-33(18-22-7-11-24(30)12-8-22)27(34)31-17-21-9-13-26(14-10-21)36-25-5-4-6-25/h7-14,23,25H,4-6,15-20H2,1-3H3,(H,31,34). The second kappa shape index (κ2) is 11.8. The molecule has 2 aliphatic rings.